The van der Waals surface area contributed by atoms with Crippen LogP contribution in [0.15, 0.2) is 42.6 Å². The summed E-state index contributed by atoms with van der Waals surface area (Å²) in [5.41, 5.74) is 4.19. The number of hydrogen-bond acceptors (Lipinski definition) is 3. The van der Waals surface area contributed by atoms with Gasteiger partial charge in [0.05, 0.1) is 11.8 Å². The van der Waals surface area contributed by atoms with Crippen LogP contribution in [0.3, 0.4) is 0 Å². The van der Waals surface area contributed by atoms with Gasteiger partial charge in [0.15, 0.2) is 0 Å². The van der Waals surface area contributed by atoms with E-state index in [1.807, 2.05) is 74.7 Å². The summed E-state index contributed by atoms with van der Waals surface area (Å²) >= 11 is 0. The summed E-state index contributed by atoms with van der Waals surface area (Å²) < 4.78 is 7.52. The first kappa shape index (κ1) is 17.0. The highest BCUT2D eigenvalue weighted by Gasteiger charge is 2.16. The second-order valence-electron chi connectivity index (χ2n) is 6.47. The predicted octanol–water partition coefficient (Wildman–Crippen LogP) is 3.67. The molecule has 0 aliphatic rings. The third-order valence-corrected chi connectivity index (χ3v) is 3.89. The van der Waals surface area contributed by atoms with Crippen molar-refractivity contribution in [1.29, 1.82) is 0 Å². The number of hydrogen-bond donors (Lipinski definition) is 1. The van der Waals surface area contributed by atoms with Gasteiger partial charge in [0.25, 0.3) is 5.91 Å². The van der Waals surface area contributed by atoms with E-state index in [4.69, 9.17) is 4.74 Å². The molecule has 130 valence electrons. The molecule has 0 saturated heterocycles. The topological polar surface area (TPSA) is 55.6 Å². The van der Waals surface area contributed by atoms with E-state index in [1.165, 1.54) is 0 Å². The van der Waals surface area contributed by atoms with Crippen molar-refractivity contribution in [2.75, 3.05) is 0 Å². The van der Waals surface area contributed by atoms with Crippen molar-refractivity contribution in [3.8, 4) is 5.75 Å². The van der Waals surface area contributed by atoms with E-state index in [0.717, 1.165) is 28.2 Å². The van der Waals surface area contributed by atoms with Crippen molar-refractivity contribution in [2.24, 2.45) is 0 Å². The Kier molecular flexibility index (Phi) is 4.74. The van der Waals surface area contributed by atoms with E-state index in [0.29, 0.717) is 12.2 Å². The molecule has 5 nitrogen and oxygen atoms in total. The molecule has 0 fully saturated rings. The number of nitrogens with one attached hydrogen (secondary N) is 1. The number of fused-ring (bicyclic) bond motifs is 1. The summed E-state index contributed by atoms with van der Waals surface area (Å²) in [6.07, 6.45) is 2.01. The molecule has 0 saturated carbocycles. The Balaban J connectivity index is 1.76. The van der Waals surface area contributed by atoms with E-state index < -0.39 is 0 Å². The van der Waals surface area contributed by atoms with Gasteiger partial charge >= 0.3 is 0 Å². The Labute approximate surface area is 147 Å². The maximum atomic E-state index is 12.7. The third-order valence-electron chi connectivity index (χ3n) is 3.89. The molecular weight excluding hydrogens is 314 g/mol. The summed E-state index contributed by atoms with van der Waals surface area (Å²) in [5, 5.41) is 2.97. The van der Waals surface area contributed by atoms with Gasteiger partial charge in [0.1, 0.15) is 17.1 Å². The van der Waals surface area contributed by atoms with Gasteiger partial charge in [-0.3, -0.25) is 9.20 Å². The molecule has 1 amide bonds. The zero-order chi connectivity index (χ0) is 18.0. The summed E-state index contributed by atoms with van der Waals surface area (Å²) in [4.78, 5) is 17.1. The average Bonchev–Trinajstić information content (AvgIpc) is 2.87. The molecule has 2 aromatic heterocycles. The number of ether oxygens (including phenoxy) is 1. The second-order valence-corrected chi connectivity index (χ2v) is 6.47. The van der Waals surface area contributed by atoms with Crippen LogP contribution in [0.1, 0.15) is 41.2 Å². The number of nitrogens with zero attached hydrogens (tertiary/aromatic N) is 2. The fourth-order valence-electron chi connectivity index (χ4n) is 2.80. The van der Waals surface area contributed by atoms with Crippen LogP contribution in [-0.2, 0) is 6.54 Å². The van der Waals surface area contributed by atoms with Gasteiger partial charge in [-0.15, -0.1) is 0 Å². The smallest absolute Gasteiger partial charge is 0.270 e. The molecular formula is C20H23N3O2. The Hall–Kier alpha value is -2.82. The number of imidazole rings is 1. The Bertz CT molecular complexity index is 912. The molecule has 1 aromatic carbocycles. The summed E-state index contributed by atoms with van der Waals surface area (Å²) in [6.45, 7) is 8.28. The Morgan fingerprint density at radius 1 is 1.24 bits per heavy atom. The molecule has 2 heterocycles. The highest BCUT2D eigenvalue weighted by molar-refractivity contribution is 5.94. The van der Waals surface area contributed by atoms with Gasteiger partial charge in [-0.1, -0.05) is 12.1 Å². The lowest BCUT2D eigenvalue weighted by atomic mass is 10.2. The number of amides is 1. The highest BCUT2D eigenvalue weighted by atomic mass is 16.5. The normalized spacial score (nSPS) is 11.1. The first-order valence-electron chi connectivity index (χ1n) is 8.43. The number of rotatable bonds is 5. The van der Waals surface area contributed by atoms with Gasteiger partial charge < -0.3 is 10.1 Å². The van der Waals surface area contributed by atoms with Crippen molar-refractivity contribution in [2.45, 2.75) is 40.3 Å². The van der Waals surface area contributed by atoms with Crippen molar-refractivity contribution in [3.05, 3.63) is 65.1 Å². The zero-order valence-electron chi connectivity index (χ0n) is 15.0. The number of carbonyl (C=O) groups is 1. The minimum Gasteiger partial charge on any atom is -0.491 e. The monoisotopic (exact) mass is 337 g/mol. The second kappa shape index (κ2) is 6.97. The Morgan fingerprint density at radius 3 is 2.80 bits per heavy atom. The van der Waals surface area contributed by atoms with Crippen molar-refractivity contribution >= 4 is 11.6 Å². The van der Waals surface area contributed by atoms with Crippen LogP contribution in [0.5, 0.6) is 5.75 Å². The minimum atomic E-state index is -0.135. The number of aryl methyl sites for hydroxylation is 2. The van der Waals surface area contributed by atoms with E-state index in [2.05, 4.69) is 10.3 Å². The summed E-state index contributed by atoms with van der Waals surface area (Å²) in [6, 6.07) is 11.7. The van der Waals surface area contributed by atoms with Crippen LogP contribution >= 0.6 is 0 Å². The van der Waals surface area contributed by atoms with Crippen LogP contribution in [0.4, 0.5) is 0 Å². The fourth-order valence-corrected chi connectivity index (χ4v) is 2.80. The Morgan fingerprint density at radius 2 is 2.04 bits per heavy atom. The lowest BCUT2D eigenvalue weighted by Crippen LogP contribution is -2.25. The highest BCUT2D eigenvalue weighted by Crippen LogP contribution is 2.16. The summed E-state index contributed by atoms with van der Waals surface area (Å²) in [7, 11) is 0. The predicted molar refractivity (Wildman–Crippen MR) is 98.0 cm³/mol. The van der Waals surface area contributed by atoms with Gasteiger partial charge in [-0.2, -0.15) is 0 Å². The van der Waals surface area contributed by atoms with Crippen molar-refractivity contribution in [3.63, 3.8) is 0 Å². The molecule has 0 unspecified atom stereocenters. The van der Waals surface area contributed by atoms with Gasteiger partial charge in [0.2, 0.25) is 0 Å². The fraction of sp³-hybridized carbons (Fsp3) is 0.300. The van der Waals surface area contributed by atoms with Crippen LogP contribution in [0.2, 0.25) is 0 Å². The van der Waals surface area contributed by atoms with Crippen LogP contribution in [0.25, 0.3) is 5.65 Å². The molecule has 0 bridgehead atoms. The SMILES string of the molecule is Cc1ccn2c(C(=O)NCc3cccc(OC(C)C)c3)c(C)nc2c1. The largest absolute Gasteiger partial charge is 0.491 e. The molecule has 0 radical (unpaired) electrons. The van der Waals surface area contributed by atoms with E-state index in [-0.39, 0.29) is 12.0 Å². The molecule has 0 aliphatic heterocycles. The number of benzene rings is 1. The van der Waals surface area contributed by atoms with Gasteiger partial charge in [-0.05, 0) is 63.1 Å². The molecule has 25 heavy (non-hydrogen) atoms. The molecule has 0 spiro atoms. The zero-order valence-corrected chi connectivity index (χ0v) is 15.0. The first-order chi connectivity index (χ1) is 11.9. The van der Waals surface area contributed by atoms with Crippen molar-refractivity contribution in [1.82, 2.24) is 14.7 Å². The van der Waals surface area contributed by atoms with E-state index in [1.54, 1.807) is 0 Å². The lowest BCUT2D eigenvalue weighted by Gasteiger charge is -2.11. The molecule has 0 atom stereocenters. The van der Waals surface area contributed by atoms with Gasteiger partial charge in [0, 0.05) is 12.7 Å². The van der Waals surface area contributed by atoms with E-state index in [9.17, 15) is 4.79 Å². The lowest BCUT2D eigenvalue weighted by molar-refractivity contribution is 0.0944. The van der Waals surface area contributed by atoms with E-state index >= 15 is 0 Å². The van der Waals surface area contributed by atoms with Crippen molar-refractivity contribution < 1.29 is 9.53 Å². The minimum absolute atomic E-state index is 0.120. The van der Waals surface area contributed by atoms with Crippen LogP contribution in [-0.4, -0.2) is 21.4 Å². The first-order valence-corrected chi connectivity index (χ1v) is 8.43. The number of aromatic nitrogens is 2. The molecule has 5 heteroatoms. The van der Waals surface area contributed by atoms with Crippen LogP contribution < -0.4 is 10.1 Å². The number of carbonyl (C=O) groups excluding carboxylic acids is 1. The van der Waals surface area contributed by atoms with Crippen LogP contribution in [0, 0.1) is 13.8 Å². The standard InChI is InChI=1S/C20H23N3O2/c1-13(2)25-17-7-5-6-16(11-17)12-21-20(24)19-15(4)22-18-10-14(3)8-9-23(18)19/h5-11,13H,12H2,1-4H3,(H,21,24). The maximum absolute atomic E-state index is 12.7. The molecule has 0 aliphatic carbocycles. The van der Waals surface area contributed by atoms with Gasteiger partial charge in [-0.25, -0.2) is 4.98 Å². The quantitative estimate of drug-likeness (QED) is 0.773. The molecule has 3 rings (SSSR count). The maximum Gasteiger partial charge on any atom is 0.270 e. The molecule has 1 N–H and O–H groups in total. The summed E-state index contributed by atoms with van der Waals surface area (Å²) in [5.74, 6) is 0.673. The molecule has 3 aromatic rings. The average molecular weight is 337 g/mol. The number of pyridine rings is 1. The third kappa shape index (κ3) is 3.82.